The lowest BCUT2D eigenvalue weighted by Gasteiger charge is -2.38. The molecule has 1 amide bonds. The second kappa shape index (κ2) is 5.35. The van der Waals surface area contributed by atoms with Crippen LogP contribution in [0, 0.1) is 0 Å². The number of hydrogen-bond donors (Lipinski definition) is 0. The van der Waals surface area contributed by atoms with Crippen LogP contribution in [0.3, 0.4) is 0 Å². The minimum absolute atomic E-state index is 0.0530. The molecule has 0 spiro atoms. The van der Waals surface area contributed by atoms with E-state index in [1.165, 1.54) is 7.11 Å². The molecular formula is C14H14N4O3. The van der Waals surface area contributed by atoms with E-state index in [0.717, 1.165) is 0 Å². The standard InChI is InChI=1S/C14H14N4O3/c1-21-14(20)11-4-2-10(3-5-11)13(19)17-8-12(9-17)18-7-6-15-16-18/h2-7,12H,8-9H2,1H3. The van der Waals surface area contributed by atoms with Crippen molar-refractivity contribution in [2.75, 3.05) is 20.2 Å². The number of carbonyl (C=O) groups is 2. The number of aromatic nitrogens is 3. The van der Waals surface area contributed by atoms with Crippen LogP contribution in [0.4, 0.5) is 0 Å². The molecule has 2 aromatic rings. The van der Waals surface area contributed by atoms with Crippen molar-refractivity contribution >= 4 is 11.9 Å². The van der Waals surface area contributed by atoms with Gasteiger partial charge < -0.3 is 9.64 Å². The highest BCUT2D eigenvalue weighted by Gasteiger charge is 2.32. The topological polar surface area (TPSA) is 77.3 Å². The molecule has 0 atom stereocenters. The Balaban J connectivity index is 1.63. The molecule has 7 nitrogen and oxygen atoms in total. The van der Waals surface area contributed by atoms with Gasteiger partial charge in [-0.15, -0.1) is 5.10 Å². The van der Waals surface area contributed by atoms with Gasteiger partial charge in [0.25, 0.3) is 5.91 Å². The van der Waals surface area contributed by atoms with E-state index in [-0.39, 0.29) is 11.9 Å². The number of esters is 1. The number of ether oxygens (including phenoxy) is 1. The van der Waals surface area contributed by atoms with E-state index < -0.39 is 5.97 Å². The lowest BCUT2D eigenvalue weighted by Crippen LogP contribution is -2.50. The monoisotopic (exact) mass is 286 g/mol. The number of rotatable bonds is 3. The molecule has 0 saturated carbocycles. The zero-order chi connectivity index (χ0) is 14.8. The first-order chi connectivity index (χ1) is 10.2. The Kier molecular flexibility index (Phi) is 3.39. The Labute approximate surface area is 121 Å². The van der Waals surface area contributed by atoms with E-state index >= 15 is 0 Å². The van der Waals surface area contributed by atoms with Gasteiger partial charge in [0.1, 0.15) is 0 Å². The van der Waals surface area contributed by atoms with Crippen molar-refractivity contribution in [3.05, 3.63) is 47.8 Å². The normalized spacial score (nSPS) is 14.6. The van der Waals surface area contributed by atoms with Crippen molar-refractivity contribution in [1.29, 1.82) is 0 Å². The summed E-state index contributed by atoms with van der Waals surface area (Å²) in [6.45, 7) is 1.22. The number of likely N-dealkylation sites (tertiary alicyclic amines) is 1. The minimum atomic E-state index is -0.413. The van der Waals surface area contributed by atoms with Crippen molar-refractivity contribution in [3.63, 3.8) is 0 Å². The van der Waals surface area contributed by atoms with Crippen molar-refractivity contribution in [2.24, 2.45) is 0 Å². The zero-order valence-electron chi connectivity index (χ0n) is 11.5. The third kappa shape index (κ3) is 2.49. The molecule has 1 aliphatic rings. The summed E-state index contributed by atoms with van der Waals surface area (Å²) < 4.78 is 6.38. The van der Waals surface area contributed by atoms with E-state index in [9.17, 15) is 9.59 Å². The predicted octanol–water partition coefficient (Wildman–Crippen LogP) is 0.762. The average Bonchev–Trinajstić information content (AvgIpc) is 2.99. The number of amides is 1. The second-order valence-electron chi connectivity index (χ2n) is 4.82. The van der Waals surface area contributed by atoms with E-state index in [1.807, 2.05) is 0 Å². The molecule has 1 aromatic carbocycles. The fourth-order valence-electron chi connectivity index (χ4n) is 2.25. The minimum Gasteiger partial charge on any atom is -0.465 e. The maximum atomic E-state index is 12.3. The Morgan fingerprint density at radius 3 is 2.43 bits per heavy atom. The van der Waals surface area contributed by atoms with Crippen LogP contribution in [0.25, 0.3) is 0 Å². The quantitative estimate of drug-likeness (QED) is 0.779. The summed E-state index contributed by atoms with van der Waals surface area (Å²) in [6.07, 6.45) is 3.41. The lowest BCUT2D eigenvalue weighted by molar-refractivity contribution is 0.0497. The summed E-state index contributed by atoms with van der Waals surface area (Å²) in [5, 5.41) is 7.68. The SMILES string of the molecule is COC(=O)c1ccc(C(=O)N2CC(n3ccnn3)C2)cc1. The summed E-state index contributed by atoms with van der Waals surface area (Å²) in [4.78, 5) is 25.3. The number of benzene rings is 1. The van der Waals surface area contributed by atoms with Crippen LogP contribution in [0.2, 0.25) is 0 Å². The fourth-order valence-corrected chi connectivity index (χ4v) is 2.25. The summed E-state index contributed by atoms with van der Waals surface area (Å²) in [5.74, 6) is -0.466. The maximum Gasteiger partial charge on any atom is 0.337 e. The molecule has 0 radical (unpaired) electrons. The summed E-state index contributed by atoms with van der Waals surface area (Å²) >= 11 is 0. The first kappa shape index (κ1) is 13.3. The molecule has 7 heteroatoms. The van der Waals surface area contributed by atoms with Gasteiger partial charge >= 0.3 is 5.97 Å². The number of nitrogens with zero attached hydrogens (tertiary/aromatic N) is 4. The molecule has 1 fully saturated rings. The largest absolute Gasteiger partial charge is 0.465 e. The first-order valence-corrected chi connectivity index (χ1v) is 6.52. The van der Waals surface area contributed by atoms with Gasteiger partial charge in [-0.3, -0.25) is 4.79 Å². The van der Waals surface area contributed by atoms with Crippen molar-refractivity contribution < 1.29 is 14.3 Å². The van der Waals surface area contributed by atoms with Crippen LogP contribution >= 0.6 is 0 Å². The van der Waals surface area contributed by atoms with E-state index in [1.54, 1.807) is 46.2 Å². The van der Waals surface area contributed by atoms with Gasteiger partial charge in [-0.25, -0.2) is 9.48 Å². The number of carbonyl (C=O) groups excluding carboxylic acids is 2. The molecule has 0 aliphatic carbocycles. The second-order valence-corrected chi connectivity index (χ2v) is 4.82. The van der Waals surface area contributed by atoms with Crippen LogP contribution in [0.5, 0.6) is 0 Å². The molecule has 3 rings (SSSR count). The molecule has 1 aliphatic heterocycles. The fraction of sp³-hybridized carbons (Fsp3) is 0.286. The summed E-state index contributed by atoms with van der Waals surface area (Å²) in [5.41, 5.74) is 0.984. The van der Waals surface area contributed by atoms with E-state index in [2.05, 4.69) is 15.0 Å². The van der Waals surface area contributed by atoms with Crippen LogP contribution in [0.15, 0.2) is 36.7 Å². The van der Waals surface area contributed by atoms with Gasteiger partial charge in [0.15, 0.2) is 0 Å². The Morgan fingerprint density at radius 2 is 1.86 bits per heavy atom. The van der Waals surface area contributed by atoms with Crippen LogP contribution in [-0.2, 0) is 4.74 Å². The maximum absolute atomic E-state index is 12.3. The molecule has 1 aromatic heterocycles. The highest BCUT2D eigenvalue weighted by molar-refractivity contribution is 5.96. The molecule has 0 unspecified atom stereocenters. The van der Waals surface area contributed by atoms with Gasteiger partial charge in [-0.1, -0.05) is 5.21 Å². The molecule has 2 heterocycles. The molecular weight excluding hydrogens is 272 g/mol. The summed E-state index contributed by atoms with van der Waals surface area (Å²) in [7, 11) is 1.33. The Hall–Kier alpha value is -2.70. The third-order valence-corrected chi connectivity index (χ3v) is 3.52. The predicted molar refractivity (Wildman–Crippen MR) is 72.7 cm³/mol. The first-order valence-electron chi connectivity index (χ1n) is 6.52. The van der Waals surface area contributed by atoms with Crippen LogP contribution < -0.4 is 0 Å². The Bertz CT molecular complexity index is 645. The van der Waals surface area contributed by atoms with Crippen molar-refractivity contribution in [1.82, 2.24) is 19.9 Å². The van der Waals surface area contributed by atoms with Gasteiger partial charge in [0, 0.05) is 24.8 Å². The van der Waals surface area contributed by atoms with Gasteiger partial charge in [-0.05, 0) is 24.3 Å². The van der Waals surface area contributed by atoms with E-state index in [0.29, 0.717) is 24.2 Å². The molecule has 0 bridgehead atoms. The summed E-state index contributed by atoms with van der Waals surface area (Å²) in [6, 6.07) is 6.64. The Morgan fingerprint density at radius 1 is 1.19 bits per heavy atom. The molecule has 108 valence electrons. The van der Waals surface area contributed by atoms with Crippen LogP contribution in [-0.4, -0.2) is 52.0 Å². The molecule has 0 N–H and O–H groups in total. The van der Waals surface area contributed by atoms with Crippen molar-refractivity contribution in [3.8, 4) is 0 Å². The van der Waals surface area contributed by atoms with Gasteiger partial charge in [0.05, 0.1) is 24.9 Å². The van der Waals surface area contributed by atoms with Gasteiger partial charge in [-0.2, -0.15) is 0 Å². The number of methoxy groups -OCH3 is 1. The third-order valence-electron chi connectivity index (χ3n) is 3.52. The number of hydrogen-bond acceptors (Lipinski definition) is 5. The van der Waals surface area contributed by atoms with Crippen molar-refractivity contribution in [2.45, 2.75) is 6.04 Å². The van der Waals surface area contributed by atoms with E-state index in [4.69, 9.17) is 0 Å². The highest BCUT2D eigenvalue weighted by atomic mass is 16.5. The highest BCUT2D eigenvalue weighted by Crippen LogP contribution is 2.22. The zero-order valence-corrected chi connectivity index (χ0v) is 11.5. The smallest absolute Gasteiger partial charge is 0.337 e. The average molecular weight is 286 g/mol. The van der Waals surface area contributed by atoms with Gasteiger partial charge in [0.2, 0.25) is 0 Å². The van der Waals surface area contributed by atoms with Crippen LogP contribution in [0.1, 0.15) is 26.8 Å². The molecule has 21 heavy (non-hydrogen) atoms. The lowest BCUT2D eigenvalue weighted by atomic mass is 10.1. The molecule has 1 saturated heterocycles.